The van der Waals surface area contributed by atoms with Crippen molar-refractivity contribution in [2.75, 3.05) is 13.7 Å². The standard InChI is InChI=1S/C29H27ClN4O4/c1-37-26-16-21(9-11-25(26)38-18-19-5-4-8-23(30)15-19)28-31-29(36)24(32-33-28)10-12-27(35)34-14-13-20-6-2-3-7-22(20)17-34/h2-9,11,15-16H,10,12-14,17-18H2,1H3,(H,31,33,36). The van der Waals surface area contributed by atoms with E-state index >= 15 is 0 Å². The Kier molecular flexibility index (Phi) is 7.70. The second-order valence-corrected chi connectivity index (χ2v) is 9.50. The molecule has 0 saturated heterocycles. The molecule has 0 bridgehead atoms. The Labute approximate surface area is 225 Å². The first kappa shape index (κ1) is 25.5. The fraction of sp³-hybridized carbons (Fsp3) is 0.241. The molecule has 0 atom stereocenters. The van der Waals surface area contributed by atoms with Gasteiger partial charge in [-0.05, 0) is 53.4 Å². The fourth-order valence-electron chi connectivity index (χ4n) is 4.47. The van der Waals surface area contributed by atoms with Crippen molar-refractivity contribution in [3.8, 4) is 22.9 Å². The van der Waals surface area contributed by atoms with Crippen molar-refractivity contribution in [1.29, 1.82) is 0 Å². The predicted octanol–water partition coefficient (Wildman–Crippen LogP) is 4.59. The Morgan fingerprint density at radius 2 is 1.87 bits per heavy atom. The molecule has 0 fully saturated rings. The van der Waals surface area contributed by atoms with E-state index in [1.807, 2.05) is 35.2 Å². The van der Waals surface area contributed by atoms with Gasteiger partial charge in [0.05, 0.1) is 7.11 Å². The topological polar surface area (TPSA) is 97.4 Å². The zero-order chi connectivity index (χ0) is 26.5. The van der Waals surface area contributed by atoms with Crippen molar-refractivity contribution in [3.63, 3.8) is 0 Å². The number of hydrogen-bond acceptors (Lipinski definition) is 6. The van der Waals surface area contributed by atoms with Crippen molar-refractivity contribution in [3.05, 3.63) is 104 Å². The van der Waals surface area contributed by atoms with Crippen molar-refractivity contribution >= 4 is 17.5 Å². The average molecular weight is 531 g/mol. The normalized spacial score (nSPS) is 12.6. The number of nitrogens with one attached hydrogen (secondary N) is 1. The highest BCUT2D eigenvalue weighted by molar-refractivity contribution is 6.30. The number of nitrogens with zero attached hydrogens (tertiary/aromatic N) is 3. The zero-order valence-corrected chi connectivity index (χ0v) is 21.7. The summed E-state index contributed by atoms with van der Waals surface area (Å²) in [6.07, 6.45) is 1.26. The van der Waals surface area contributed by atoms with E-state index in [1.165, 1.54) is 11.1 Å². The highest BCUT2D eigenvalue weighted by Gasteiger charge is 2.21. The maximum absolute atomic E-state index is 12.8. The molecule has 8 nitrogen and oxygen atoms in total. The SMILES string of the molecule is COc1cc(-c2nnc(CCC(=O)N3CCc4ccccc4C3)c(=O)[nH]2)ccc1OCc1cccc(Cl)c1. The highest BCUT2D eigenvalue weighted by atomic mass is 35.5. The van der Waals surface area contributed by atoms with E-state index < -0.39 is 0 Å². The lowest BCUT2D eigenvalue weighted by atomic mass is 9.99. The molecule has 0 aliphatic carbocycles. The number of carbonyl (C=O) groups excluding carboxylic acids is 1. The molecule has 0 spiro atoms. The molecular weight excluding hydrogens is 504 g/mol. The first-order valence-electron chi connectivity index (χ1n) is 12.4. The largest absolute Gasteiger partial charge is 0.493 e. The lowest BCUT2D eigenvalue weighted by molar-refractivity contribution is -0.132. The highest BCUT2D eigenvalue weighted by Crippen LogP contribution is 2.32. The summed E-state index contributed by atoms with van der Waals surface area (Å²) in [5.74, 6) is 1.34. The molecule has 1 aromatic heterocycles. The number of fused-ring (bicyclic) bond motifs is 1. The number of benzene rings is 3. The summed E-state index contributed by atoms with van der Waals surface area (Å²) in [5.41, 5.74) is 3.87. The van der Waals surface area contributed by atoms with Gasteiger partial charge in [0, 0.05) is 36.5 Å². The van der Waals surface area contributed by atoms with Crippen LogP contribution in [0.3, 0.4) is 0 Å². The molecule has 0 radical (unpaired) electrons. The van der Waals surface area contributed by atoms with E-state index in [0.29, 0.717) is 47.6 Å². The minimum absolute atomic E-state index is 0.00267. The van der Waals surface area contributed by atoms with Crippen LogP contribution >= 0.6 is 11.6 Å². The third kappa shape index (κ3) is 5.86. The van der Waals surface area contributed by atoms with Crippen molar-refractivity contribution in [2.24, 2.45) is 0 Å². The van der Waals surface area contributed by atoms with Gasteiger partial charge in [0.2, 0.25) is 5.91 Å². The summed E-state index contributed by atoms with van der Waals surface area (Å²) in [4.78, 5) is 30.1. The maximum Gasteiger partial charge on any atom is 0.273 e. The Morgan fingerprint density at radius 3 is 2.66 bits per heavy atom. The van der Waals surface area contributed by atoms with Crippen LogP contribution in [0.25, 0.3) is 11.4 Å². The predicted molar refractivity (Wildman–Crippen MR) is 144 cm³/mol. The van der Waals surface area contributed by atoms with Gasteiger partial charge < -0.3 is 19.4 Å². The number of amides is 1. The van der Waals surface area contributed by atoms with Crippen molar-refractivity contribution in [2.45, 2.75) is 32.4 Å². The average Bonchev–Trinajstić information content (AvgIpc) is 2.95. The monoisotopic (exact) mass is 530 g/mol. The molecule has 1 N–H and O–H groups in total. The molecule has 5 rings (SSSR count). The van der Waals surface area contributed by atoms with E-state index in [9.17, 15) is 9.59 Å². The van der Waals surface area contributed by atoms with Gasteiger partial charge in [-0.2, -0.15) is 0 Å². The summed E-state index contributed by atoms with van der Waals surface area (Å²) in [5, 5.41) is 8.96. The van der Waals surface area contributed by atoms with Crippen LogP contribution in [-0.2, 0) is 30.8 Å². The summed E-state index contributed by atoms with van der Waals surface area (Å²) in [6, 6.07) is 20.8. The van der Waals surface area contributed by atoms with E-state index in [1.54, 1.807) is 31.4 Å². The van der Waals surface area contributed by atoms with Gasteiger partial charge in [0.25, 0.3) is 5.56 Å². The van der Waals surface area contributed by atoms with Crippen molar-refractivity contribution in [1.82, 2.24) is 20.1 Å². The van der Waals surface area contributed by atoms with Crippen LogP contribution in [0.4, 0.5) is 0 Å². The second-order valence-electron chi connectivity index (χ2n) is 9.07. The Bertz CT molecular complexity index is 1520. The molecule has 38 heavy (non-hydrogen) atoms. The zero-order valence-electron chi connectivity index (χ0n) is 20.9. The van der Waals surface area contributed by atoms with Gasteiger partial charge in [0.15, 0.2) is 17.3 Å². The molecular formula is C29H27ClN4O4. The number of ether oxygens (including phenoxy) is 2. The minimum Gasteiger partial charge on any atom is -0.493 e. The van der Waals surface area contributed by atoms with E-state index in [-0.39, 0.29) is 30.0 Å². The summed E-state index contributed by atoms with van der Waals surface area (Å²) >= 11 is 6.04. The van der Waals surface area contributed by atoms with Gasteiger partial charge in [-0.1, -0.05) is 48.0 Å². The van der Waals surface area contributed by atoms with Crippen LogP contribution in [0.2, 0.25) is 5.02 Å². The molecule has 0 saturated carbocycles. The number of aromatic nitrogens is 3. The number of hydrogen-bond donors (Lipinski definition) is 1. The van der Waals surface area contributed by atoms with Crippen LogP contribution in [0, 0.1) is 0 Å². The maximum atomic E-state index is 12.8. The molecule has 1 amide bonds. The number of aryl methyl sites for hydroxylation is 1. The Balaban J connectivity index is 1.22. The molecule has 194 valence electrons. The summed E-state index contributed by atoms with van der Waals surface area (Å²) in [7, 11) is 1.54. The first-order chi connectivity index (χ1) is 18.5. The third-order valence-corrected chi connectivity index (χ3v) is 6.78. The Morgan fingerprint density at radius 1 is 1.03 bits per heavy atom. The lowest BCUT2D eigenvalue weighted by Gasteiger charge is -2.28. The second kappa shape index (κ2) is 11.5. The van der Waals surface area contributed by atoms with Crippen molar-refractivity contribution < 1.29 is 14.3 Å². The van der Waals surface area contributed by atoms with Gasteiger partial charge in [-0.25, -0.2) is 0 Å². The summed E-state index contributed by atoms with van der Waals surface area (Å²) in [6.45, 7) is 1.60. The number of aromatic amines is 1. The van der Waals surface area contributed by atoms with Crippen LogP contribution < -0.4 is 15.0 Å². The first-order valence-corrected chi connectivity index (χ1v) is 12.7. The number of halogens is 1. The molecule has 3 aromatic carbocycles. The van der Waals surface area contributed by atoms with Crippen LogP contribution in [-0.4, -0.2) is 39.6 Å². The van der Waals surface area contributed by atoms with Crippen LogP contribution in [0.1, 0.15) is 28.8 Å². The minimum atomic E-state index is -0.368. The van der Waals surface area contributed by atoms with Crippen LogP contribution in [0.15, 0.2) is 71.5 Å². The van der Waals surface area contributed by atoms with Gasteiger partial charge >= 0.3 is 0 Å². The quantitative estimate of drug-likeness (QED) is 0.358. The van der Waals surface area contributed by atoms with Gasteiger partial charge in [-0.15, -0.1) is 10.2 Å². The van der Waals surface area contributed by atoms with E-state index in [2.05, 4.69) is 27.3 Å². The van der Waals surface area contributed by atoms with E-state index in [0.717, 1.165) is 12.0 Å². The third-order valence-electron chi connectivity index (χ3n) is 6.54. The van der Waals surface area contributed by atoms with Gasteiger partial charge in [0.1, 0.15) is 12.3 Å². The fourth-order valence-corrected chi connectivity index (χ4v) is 4.68. The lowest BCUT2D eigenvalue weighted by Crippen LogP contribution is -2.36. The molecule has 0 unspecified atom stereocenters. The molecule has 2 heterocycles. The van der Waals surface area contributed by atoms with E-state index in [4.69, 9.17) is 21.1 Å². The number of methoxy groups -OCH3 is 1. The molecule has 9 heteroatoms. The number of carbonyl (C=O) groups is 1. The van der Waals surface area contributed by atoms with Crippen LogP contribution in [0.5, 0.6) is 11.5 Å². The number of rotatable bonds is 8. The smallest absolute Gasteiger partial charge is 0.273 e. The van der Waals surface area contributed by atoms with Gasteiger partial charge in [-0.3, -0.25) is 9.59 Å². The number of H-pyrrole nitrogens is 1. The Hall–Kier alpha value is -4.17. The molecule has 4 aromatic rings. The molecule has 1 aliphatic rings. The molecule has 1 aliphatic heterocycles. The summed E-state index contributed by atoms with van der Waals surface area (Å²) < 4.78 is 11.4.